The first-order valence-corrected chi connectivity index (χ1v) is 6.84. The summed E-state index contributed by atoms with van der Waals surface area (Å²) in [6, 6.07) is 8.63. The Morgan fingerprint density at radius 3 is 2.80 bits per heavy atom. The fourth-order valence-corrected chi connectivity index (χ4v) is 2.63. The van der Waals surface area contributed by atoms with Crippen molar-refractivity contribution in [2.24, 2.45) is 5.92 Å². The van der Waals surface area contributed by atoms with Crippen LogP contribution in [0.5, 0.6) is 0 Å². The van der Waals surface area contributed by atoms with E-state index in [-0.39, 0.29) is 0 Å². The minimum Gasteiger partial charge on any atom is -0.384 e. The van der Waals surface area contributed by atoms with Crippen molar-refractivity contribution in [1.82, 2.24) is 0 Å². The van der Waals surface area contributed by atoms with Gasteiger partial charge in [-0.1, -0.05) is 25.5 Å². The number of benzene rings is 1. The lowest BCUT2D eigenvalue weighted by Crippen LogP contribution is -2.21. The van der Waals surface area contributed by atoms with Crippen LogP contribution >= 0.6 is 11.8 Å². The molecule has 0 unspecified atom stereocenters. The number of nitrogens with one attached hydrogen (secondary N) is 1. The van der Waals surface area contributed by atoms with Gasteiger partial charge in [-0.05, 0) is 36.6 Å². The molecule has 1 nitrogen and oxygen atoms in total. The molecule has 82 valence electrons. The summed E-state index contributed by atoms with van der Waals surface area (Å²) in [5.74, 6) is 2.06. The van der Waals surface area contributed by atoms with Crippen molar-refractivity contribution in [3.8, 4) is 0 Å². The molecule has 2 heteroatoms. The van der Waals surface area contributed by atoms with Gasteiger partial charge in [-0.15, -0.1) is 11.8 Å². The predicted molar refractivity (Wildman–Crippen MR) is 68.7 cm³/mol. The predicted octanol–water partition coefficient (Wildman–Crippen LogP) is 4.01. The summed E-state index contributed by atoms with van der Waals surface area (Å²) in [4.78, 5) is 1.39. The molecule has 0 aliphatic heterocycles. The Morgan fingerprint density at radius 2 is 2.13 bits per heavy atom. The summed E-state index contributed by atoms with van der Waals surface area (Å²) in [5.41, 5.74) is 1.32. The van der Waals surface area contributed by atoms with Gasteiger partial charge in [-0.25, -0.2) is 0 Å². The van der Waals surface area contributed by atoms with E-state index in [1.807, 2.05) is 11.8 Å². The van der Waals surface area contributed by atoms with E-state index in [9.17, 15) is 0 Å². The zero-order valence-corrected chi connectivity index (χ0v) is 10.1. The molecule has 1 aromatic rings. The number of anilines is 1. The van der Waals surface area contributed by atoms with Gasteiger partial charge >= 0.3 is 0 Å². The van der Waals surface area contributed by atoms with Crippen molar-refractivity contribution in [2.45, 2.75) is 31.1 Å². The lowest BCUT2D eigenvalue weighted by Gasteiger charge is -2.26. The Morgan fingerprint density at radius 1 is 1.33 bits per heavy atom. The number of hydrogen-bond donors (Lipinski definition) is 1. The van der Waals surface area contributed by atoms with E-state index >= 15 is 0 Å². The first-order valence-electron chi connectivity index (χ1n) is 5.86. The Hall–Kier alpha value is -0.630. The maximum absolute atomic E-state index is 3.58. The molecule has 1 saturated carbocycles. The van der Waals surface area contributed by atoms with Crippen molar-refractivity contribution in [3.05, 3.63) is 24.3 Å². The third kappa shape index (κ3) is 2.91. The van der Waals surface area contributed by atoms with Crippen LogP contribution in [-0.4, -0.2) is 12.3 Å². The van der Waals surface area contributed by atoms with Gasteiger partial charge in [-0.3, -0.25) is 0 Å². The fraction of sp³-hybridized carbons (Fsp3) is 0.538. The van der Waals surface area contributed by atoms with E-state index in [0.29, 0.717) is 0 Å². The summed E-state index contributed by atoms with van der Waals surface area (Å²) in [7, 11) is 0. The minimum absolute atomic E-state index is 0.921. The lowest BCUT2D eigenvalue weighted by molar-refractivity contribution is 0.333. The van der Waals surface area contributed by atoms with Crippen LogP contribution in [0.1, 0.15) is 26.2 Å². The molecule has 1 aliphatic carbocycles. The Bertz CT molecular complexity index is 307. The summed E-state index contributed by atoms with van der Waals surface area (Å²) < 4.78 is 0. The molecule has 0 saturated heterocycles. The second-order valence-electron chi connectivity index (χ2n) is 4.11. The van der Waals surface area contributed by atoms with E-state index in [1.54, 1.807) is 0 Å². The van der Waals surface area contributed by atoms with E-state index in [2.05, 4.69) is 36.5 Å². The van der Waals surface area contributed by atoms with Crippen LogP contribution in [0.3, 0.4) is 0 Å². The Balaban J connectivity index is 1.92. The summed E-state index contributed by atoms with van der Waals surface area (Å²) in [5, 5.41) is 3.58. The monoisotopic (exact) mass is 221 g/mol. The van der Waals surface area contributed by atoms with Crippen LogP contribution in [0.2, 0.25) is 0 Å². The second kappa shape index (κ2) is 5.45. The quantitative estimate of drug-likeness (QED) is 0.754. The molecule has 0 heterocycles. The Kier molecular flexibility index (Phi) is 3.95. The standard InChI is InChI=1S/C13H19NS/c1-2-15-13-9-4-3-8-12(13)14-10-11-6-5-7-11/h3-4,8-9,11,14H,2,5-7,10H2,1H3. The van der Waals surface area contributed by atoms with E-state index in [1.165, 1.54) is 29.8 Å². The van der Waals surface area contributed by atoms with Gasteiger partial charge in [-0.2, -0.15) is 0 Å². The van der Waals surface area contributed by atoms with Crippen LogP contribution in [0.25, 0.3) is 0 Å². The molecule has 1 N–H and O–H groups in total. The zero-order chi connectivity index (χ0) is 10.5. The molecule has 0 atom stereocenters. The summed E-state index contributed by atoms with van der Waals surface area (Å²) >= 11 is 1.92. The molecule has 2 rings (SSSR count). The maximum Gasteiger partial charge on any atom is 0.0478 e. The molecule has 1 aromatic carbocycles. The summed E-state index contributed by atoms with van der Waals surface area (Å²) in [6.45, 7) is 3.36. The molecular formula is C13H19NS. The highest BCUT2D eigenvalue weighted by Gasteiger charge is 2.16. The SMILES string of the molecule is CCSc1ccccc1NCC1CCC1. The van der Waals surface area contributed by atoms with Crippen molar-refractivity contribution in [2.75, 3.05) is 17.6 Å². The normalized spacial score (nSPS) is 16.1. The molecule has 0 spiro atoms. The van der Waals surface area contributed by atoms with Gasteiger partial charge in [0.15, 0.2) is 0 Å². The van der Waals surface area contributed by atoms with Crippen molar-refractivity contribution >= 4 is 17.4 Å². The lowest BCUT2D eigenvalue weighted by atomic mass is 9.85. The molecule has 0 bridgehead atoms. The average Bonchev–Trinajstić information content (AvgIpc) is 2.18. The Labute approximate surface area is 96.7 Å². The van der Waals surface area contributed by atoms with Crippen LogP contribution < -0.4 is 5.32 Å². The fourth-order valence-electron chi connectivity index (χ4n) is 1.85. The molecule has 0 aromatic heterocycles. The molecule has 0 amide bonds. The van der Waals surface area contributed by atoms with E-state index < -0.39 is 0 Å². The third-order valence-corrected chi connectivity index (χ3v) is 3.95. The van der Waals surface area contributed by atoms with Crippen LogP contribution in [0, 0.1) is 5.92 Å². The van der Waals surface area contributed by atoms with E-state index in [4.69, 9.17) is 0 Å². The number of para-hydroxylation sites is 1. The first-order chi connectivity index (χ1) is 7.40. The van der Waals surface area contributed by atoms with Crippen LogP contribution in [-0.2, 0) is 0 Å². The van der Waals surface area contributed by atoms with Gasteiger partial charge in [0.2, 0.25) is 0 Å². The number of rotatable bonds is 5. The van der Waals surface area contributed by atoms with E-state index in [0.717, 1.165) is 18.2 Å². The van der Waals surface area contributed by atoms with Gasteiger partial charge in [0.05, 0.1) is 0 Å². The number of thioether (sulfide) groups is 1. The molecular weight excluding hydrogens is 202 g/mol. The minimum atomic E-state index is 0.921. The van der Waals surface area contributed by atoms with Gasteiger partial charge in [0.1, 0.15) is 0 Å². The van der Waals surface area contributed by atoms with Crippen LogP contribution in [0.4, 0.5) is 5.69 Å². The molecule has 15 heavy (non-hydrogen) atoms. The first kappa shape index (κ1) is 10.9. The zero-order valence-electron chi connectivity index (χ0n) is 9.33. The maximum atomic E-state index is 3.58. The highest BCUT2D eigenvalue weighted by Crippen LogP contribution is 2.30. The van der Waals surface area contributed by atoms with Gasteiger partial charge in [0, 0.05) is 17.1 Å². The molecule has 1 fully saturated rings. The topological polar surface area (TPSA) is 12.0 Å². The summed E-state index contributed by atoms with van der Waals surface area (Å²) in [6.07, 6.45) is 4.25. The largest absolute Gasteiger partial charge is 0.384 e. The van der Waals surface area contributed by atoms with Crippen molar-refractivity contribution in [3.63, 3.8) is 0 Å². The van der Waals surface area contributed by atoms with Crippen LogP contribution in [0.15, 0.2) is 29.2 Å². The number of hydrogen-bond acceptors (Lipinski definition) is 2. The third-order valence-electron chi connectivity index (χ3n) is 2.99. The van der Waals surface area contributed by atoms with Crippen molar-refractivity contribution in [1.29, 1.82) is 0 Å². The molecule has 0 radical (unpaired) electrons. The molecule has 1 aliphatic rings. The van der Waals surface area contributed by atoms with Gasteiger partial charge < -0.3 is 5.32 Å². The highest BCUT2D eigenvalue weighted by atomic mass is 32.2. The van der Waals surface area contributed by atoms with Crippen molar-refractivity contribution < 1.29 is 0 Å². The highest BCUT2D eigenvalue weighted by molar-refractivity contribution is 7.99. The smallest absolute Gasteiger partial charge is 0.0478 e. The van der Waals surface area contributed by atoms with Gasteiger partial charge in [0.25, 0.3) is 0 Å². The second-order valence-corrected chi connectivity index (χ2v) is 5.41. The average molecular weight is 221 g/mol.